The van der Waals surface area contributed by atoms with Gasteiger partial charge in [-0.1, -0.05) is 34.6 Å². The van der Waals surface area contributed by atoms with Gasteiger partial charge in [0.25, 0.3) is 0 Å². The fourth-order valence-corrected chi connectivity index (χ4v) is 2.50. The number of hydrogen-bond acceptors (Lipinski definition) is 4. The van der Waals surface area contributed by atoms with Gasteiger partial charge < -0.3 is 10.2 Å². The third-order valence-corrected chi connectivity index (χ3v) is 3.82. The van der Waals surface area contributed by atoms with E-state index in [0.717, 1.165) is 24.6 Å². The smallest absolute Gasteiger partial charge is 0.131 e. The zero-order chi connectivity index (χ0) is 15.4. The first-order valence-electron chi connectivity index (χ1n) is 8.38. The molecule has 1 fully saturated rings. The Bertz CT molecular complexity index is 452. The number of nitrogens with zero attached hydrogens (tertiary/aromatic N) is 3. The minimum Gasteiger partial charge on any atom is -0.366 e. The summed E-state index contributed by atoms with van der Waals surface area (Å²) in [5.74, 6) is 1.32. The van der Waals surface area contributed by atoms with Crippen LogP contribution in [-0.2, 0) is 6.54 Å². The van der Waals surface area contributed by atoms with Crippen molar-refractivity contribution in [3.8, 4) is 0 Å². The predicted octanol–water partition coefficient (Wildman–Crippen LogP) is 3.48. The van der Waals surface area contributed by atoms with Crippen LogP contribution in [-0.4, -0.2) is 28.6 Å². The zero-order valence-electron chi connectivity index (χ0n) is 14.2. The van der Waals surface area contributed by atoms with E-state index in [2.05, 4.69) is 49.8 Å². The molecule has 1 aliphatic rings. The van der Waals surface area contributed by atoms with Gasteiger partial charge in [-0.15, -0.1) is 0 Å². The van der Waals surface area contributed by atoms with Gasteiger partial charge in [-0.05, 0) is 19.3 Å². The highest BCUT2D eigenvalue weighted by molar-refractivity contribution is 5.51. The largest absolute Gasteiger partial charge is 0.366 e. The van der Waals surface area contributed by atoms with Gasteiger partial charge in [0.2, 0.25) is 0 Å². The van der Waals surface area contributed by atoms with Gasteiger partial charge in [-0.3, -0.25) is 0 Å². The average molecular weight is 290 g/mol. The lowest BCUT2D eigenvalue weighted by molar-refractivity contribution is 0.574. The number of rotatable bonds is 8. The van der Waals surface area contributed by atoms with Crippen molar-refractivity contribution in [2.45, 2.75) is 78.4 Å². The summed E-state index contributed by atoms with van der Waals surface area (Å²) < 4.78 is 0. The molecule has 0 amide bonds. The van der Waals surface area contributed by atoms with Crippen LogP contribution in [0.15, 0.2) is 6.20 Å². The Kier molecular flexibility index (Phi) is 5.57. The second-order valence-electron chi connectivity index (χ2n) is 6.68. The summed E-state index contributed by atoms with van der Waals surface area (Å²) in [6.07, 6.45) is 5.83. The number of nitrogens with one attached hydrogen (secondary N) is 1. The lowest BCUT2D eigenvalue weighted by atomic mass is 10.2. The molecule has 0 radical (unpaired) electrons. The SMILES string of the molecule is CCCN(c1cnc(C(C)C)nc1CNC(C)C)C1CC1. The molecule has 21 heavy (non-hydrogen) atoms. The maximum atomic E-state index is 4.84. The first kappa shape index (κ1) is 16.2. The topological polar surface area (TPSA) is 41.1 Å². The van der Waals surface area contributed by atoms with E-state index in [0.29, 0.717) is 18.0 Å². The summed E-state index contributed by atoms with van der Waals surface area (Å²) in [4.78, 5) is 12.0. The first-order valence-corrected chi connectivity index (χ1v) is 8.38. The van der Waals surface area contributed by atoms with Crippen LogP contribution in [0.25, 0.3) is 0 Å². The first-order chi connectivity index (χ1) is 10.0. The summed E-state index contributed by atoms with van der Waals surface area (Å²) >= 11 is 0. The second kappa shape index (κ2) is 7.21. The molecule has 0 spiro atoms. The van der Waals surface area contributed by atoms with Crippen molar-refractivity contribution in [1.29, 1.82) is 0 Å². The summed E-state index contributed by atoms with van der Waals surface area (Å²) in [5.41, 5.74) is 2.39. The Morgan fingerprint density at radius 3 is 2.52 bits per heavy atom. The molecule has 0 aliphatic heterocycles. The lowest BCUT2D eigenvalue weighted by Crippen LogP contribution is -2.30. The van der Waals surface area contributed by atoms with E-state index < -0.39 is 0 Å². The Labute approximate surface area is 129 Å². The van der Waals surface area contributed by atoms with Crippen LogP contribution in [0, 0.1) is 0 Å². The molecule has 4 nitrogen and oxygen atoms in total. The van der Waals surface area contributed by atoms with Crippen LogP contribution in [0.5, 0.6) is 0 Å². The fraction of sp³-hybridized carbons (Fsp3) is 0.765. The van der Waals surface area contributed by atoms with Crippen molar-refractivity contribution < 1.29 is 0 Å². The van der Waals surface area contributed by atoms with E-state index in [1.54, 1.807) is 0 Å². The van der Waals surface area contributed by atoms with Gasteiger partial charge in [0.1, 0.15) is 5.82 Å². The van der Waals surface area contributed by atoms with Crippen molar-refractivity contribution >= 4 is 5.69 Å². The Hall–Kier alpha value is -1.16. The van der Waals surface area contributed by atoms with Gasteiger partial charge in [0.05, 0.1) is 17.6 Å². The fourth-order valence-electron chi connectivity index (χ4n) is 2.50. The highest BCUT2D eigenvalue weighted by atomic mass is 15.2. The molecule has 1 saturated carbocycles. The summed E-state index contributed by atoms with van der Waals surface area (Å²) in [7, 11) is 0. The highest BCUT2D eigenvalue weighted by Crippen LogP contribution is 2.33. The van der Waals surface area contributed by atoms with Crippen LogP contribution in [0.1, 0.15) is 71.3 Å². The monoisotopic (exact) mass is 290 g/mol. The number of anilines is 1. The minimum atomic E-state index is 0.373. The van der Waals surface area contributed by atoms with Crippen molar-refractivity contribution in [2.75, 3.05) is 11.4 Å². The lowest BCUT2D eigenvalue weighted by Gasteiger charge is -2.26. The minimum absolute atomic E-state index is 0.373. The molecule has 0 aromatic carbocycles. The second-order valence-corrected chi connectivity index (χ2v) is 6.68. The molecule has 0 bridgehead atoms. The number of hydrogen-bond donors (Lipinski definition) is 1. The molecule has 1 N–H and O–H groups in total. The molecular formula is C17H30N4. The van der Waals surface area contributed by atoms with Crippen molar-refractivity contribution in [1.82, 2.24) is 15.3 Å². The van der Waals surface area contributed by atoms with E-state index in [1.807, 2.05) is 6.20 Å². The maximum Gasteiger partial charge on any atom is 0.131 e. The molecule has 0 saturated heterocycles. The van der Waals surface area contributed by atoms with Crippen LogP contribution < -0.4 is 10.2 Å². The molecule has 0 unspecified atom stereocenters. The molecule has 0 atom stereocenters. The molecule has 2 rings (SSSR count). The highest BCUT2D eigenvalue weighted by Gasteiger charge is 2.30. The van der Waals surface area contributed by atoms with Crippen molar-refractivity contribution in [3.05, 3.63) is 17.7 Å². The van der Waals surface area contributed by atoms with Gasteiger partial charge in [-0.25, -0.2) is 9.97 Å². The van der Waals surface area contributed by atoms with Crippen LogP contribution in [0.3, 0.4) is 0 Å². The molecular weight excluding hydrogens is 260 g/mol. The molecule has 1 heterocycles. The Morgan fingerprint density at radius 2 is 2.00 bits per heavy atom. The van der Waals surface area contributed by atoms with Gasteiger partial charge in [0.15, 0.2) is 0 Å². The Morgan fingerprint density at radius 1 is 1.29 bits per heavy atom. The van der Waals surface area contributed by atoms with Crippen LogP contribution >= 0.6 is 0 Å². The number of aromatic nitrogens is 2. The van der Waals surface area contributed by atoms with E-state index in [1.165, 1.54) is 24.9 Å². The Balaban J connectivity index is 2.28. The van der Waals surface area contributed by atoms with Crippen molar-refractivity contribution in [2.24, 2.45) is 0 Å². The third kappa shape index (κ3) is 4.40. The summed E-state index contributed by atoms with van der Waals surface area (Å²) in [6.45, 7) is 12.8. The van der Waals surface area contributed by atoms with E-state index in [4.69, 9.17) is 4.98 Å². The molecule has 1 aromatic heterocycles. The predicted molar refractivity (Wildman–Crippen MR) is 88.8 cm³/mol. The van der Waals surface area contributed by atoms with Gasteiger partial charge in [0, 0.05) is 31.1 Å². The van der Waals surface area contributed by atoms with E-state index in [-0.39, 0.29) is 0 Å². The summed E-state index contributed by atoms with van der Waals surface area (Å²) in [6, 6.07) is 1.17. The van der Waals surface area contributed by atoms with Crippen molar-refractivity contribution in [3.63, 3.8) is 0 Å². The van der Waals surface area contributed by atoms with Crippen LogP contribution in [0.4, 0.5) is 5.69 Å². The molecule has 4 heteroatoms. The normalized spacial score (nSPS) is 15.0. The van der Waals surface area contributed by atoms with Gasteiger partial charge in [-0.2, -0.15) is 0 Å². The third-order valence-electron chi connectivity index (χ3n) is 3.82. The van der Waals surface area contributed by atoms with E-state index >= 15 is 0 Å². The van der Waals surface area contributed by atoms with Gasteiger partial charge >= 0.3 is 0 Å². The molecule has 118 valence electrons. The molecule has 1 aromatic rings. The maximum absolute atomic E-state index is 4.84. The summed E-state index contributed by atoms with van der Waals surface area (Å²) in [5, 5.41) is 3.51. The quantitative estimate of drug-likeness (QED) is 0.796. The molecule has 1 aliphatic carbocycles. The average Bonchev–Trinajstić information content (AvgIpc) is 3.26. The van der Waals surface area contributed by atoms with E-state index in [9.17, 15) is 0 Å². The van der Waals surface area contributed by atoms with Crippen LogP contribution in [0.2, 0.25) is 0 Å². The zero-order valence-corrected chi connectivity index (χ0v) is 14.2. The standard InChI is InChI=1S/C17H30N4/c1-6-9-21(14-7-8-14)16-11-19-17(12(2)3)20-15(16)10-18-13(4)5/h11-14,18H,6-10H2,1-5H3.